The molecule has 0 N–H and O–H groups in total. The summed E-state index contributed by atoms with van der Waals surface area (Å²) in [6.07, 6.45) is 13.7. The predicted molar refractivity (Wildman–Crippen MR) is 104 cm³/mol. The molecule has 3 heterocycles. The maximum absolute atomic E-state index is 2.80. The first-order chi connectivity index (χ1) is 12.2. The summed E-state index contributed by atoms with van der Waals surface area (Å²) in [4.78, 5) is 10.8. The highest BCUT2D eigenvalue weighted by Crippen LogP contribution is 2.33. The lowest BCUT2D eigenvalue weighted by Crippen LogP contribution is -2.48. The zero-order valence-electron chi connectivity index (χ0n) is 16.2. The monoisotopic (exact) mass is 344 g/mol. The van der Waals surface area contributed by atoms with Crippen LogP contribution in [0.2, 0.25) is 0 Å². The number of hydrogen-bond donors (Lipinski definition) is 0. The number of allylic oxidation sites excluding steroid dienone is 2. The van der Waals surface area contributed by atoms with Gasteiger partial charge in [0.1, 0.15) is 5.82 Å². The van der Waals surface area contributed by atoms with E-state index in [1.165, 1.54) is 77.2 Å². The fourth-order valence-corrected chi connectivity index (χ4v) is 4.83. The summed E-state index contributed by atoms with van der Waals surface area (Å²) in [7, 11) is 0. The molecule has 3 fully saturated rings. The zero-order valence-corrected chi connectivity index (χ0v) is 16.2. The molecule has 4 rings (SSSR count). The fourth-order valence-electron chi connectivity index (χ4n) is 4.83. The Labute approximate surface area is 154 Å². The Hall–Kier alpha value is -1.00. The van der Waals surface area contributed by atoms with Crippen molar-refractivity contribution in [3.05, 3.63) is 24.0 Å². The summed E-state index contributed by atoms with van der Waals surface area (Å²) in [5.74, 6) is 1.50. The second kappa shape index (κ2) is 7.71. The van der Waals surface area contributed by atoms with Gasteiger partial charge in [-0.15, -0.1) is 0 Å². The molecule has 25 heavy (non-hydrogen) atoms. The fraction of sp³-hybridized carbons (Fsp3) is 0.810. The molecule has 0 atom stereocenters. The third-order valence-corrected chi connectivity index (χ3v) is 6.57. The van der Waals surface area contributed by atoms with Crippen molar-refractivity contribution in [2.75, 3.05) is 45.8 Å². The van der Waals surface area contributed by atoms with Crippen molar-refractivity contribution in [3.8, 4) is 0 Å². The second-order valence-electron chi connectivity index (χ2n) is 8.57. The van der Waals surface area contributed by atoms with Crippen LogP contribution in [0.15, 0.2) is 24.0 Å². The van der Waals surface area contributed by atoms with Crippen LogP contribution in [0.4, 0.5) is 0 Å². The summed E-state index contributed by atoms with van der Waals surface area (Å²) >= 11 is 0. The highest BCUT2D eigenvalue weighted by molar-refractivity contribution is 5.19. The van der Waals surface area contributed by atoms with Crippen LogP contribution in [0.3, 0.4) is 0 Å². The maximum Gasteiger partial charge on any atom is 0.104 e. The predicted octanol–water partition coefficient (Wildman–Crippen LogP) is 2.74. The van der Waals surface area contributed by atoms with Gasteiger partial charge in [0.15, 0.2) is 0 Å². The highest BCUT2D eigenvalue weighted by Gasteiger charge is 2.33. The number of rotatable bonds is 4. The topological polar surface area (TPSA) is 13.0 Å². The van der Waals surface area contributed by atoms with E-state index in [1.54, 1.807) is 0 Å². The molecule has 0 radical (unpaired) electrons. The standard InChI is InChI=1S/C21H36N4/c1-18(2)22-14-9-19(10-15-22)23-11-5-12-24(17-16-23)21-6-3-4-13-25(21)20-7-8-20/h3-4,6,18-20H,5,7-17H2,1-2H3. The first-order valence-electron chi connectivity index (χ1n) is 10.6. The van der Waals surface area contributed by atoms with E-state index in [4.69, 9.17) is 0 Å². The van der Waals surface area contributed by atoms with Gasteiger partial charge in [0.25, 0.3) is 0 Å². The smallest absolute Gasteiger partial charge is 0.104 e. The van der Waals surface area contributed by atoms with Gasteiger partial charge in [0.05, 0.1) is 0 Å². The molecule has 1 saturated carbocycles. The van der Waals surface area contributed by atoms with Crippen LogP contribution in [0.25, 0.3) is 0 Å². The molecule has 1 aliphatic carbocycles. The lowest BCUT2D eigenvalue weighted by Gasteiger charge is -2.40. The Bertz CT molecular complexity index is 500. The van der Waals surface area contributed by atoms with Gasteiger partial charge in [-0.3, -0.25) is 4.90 Å². The number of hydrogen-bond acceptors (Lipinski definition) is 4. The van der Waals surface area contributed by atoms with Gasteiger partial charge in [0.2, 0.25) is 0 Å². The van der Waals surface area contributed by atoms with Gasteiger partial charge in [0, 0.05) is 50.8 Å². The number of likely N-dealkylation sites (tertiary alicyclic amines) is 1. The summed E-state index contributed by atoms with van der Waals surface area (Å²) < 4.78 is 0. The van der Waals surface area contributed by atoms with Crippen molar-refractivity contribution in [3.63, 3.8) is 0 Å². The van der Waals surface area contributed by atoms with Crippen molar-refractivity contribution in [2.45, 2.75) is 64.1 Å². The third kappa shape index (κ3) is 4.06. The van der Waals surface area contributed by atoms with Crippen LogP contribution in [0, 0.1) is 0 Å². The van der Waals surface area contributed by atoms with Crippen molar-refractivity contribution >= 4 is 0 Å². The quantitative estimate of drug-likeness (QED) is 0.777. The molecule has 4 aliphatic rings. The summed E-state index contributed by atoms with van der Waals surface area (Å²) in [5.41, 5.74) is 0. The molecule has 0 aromatic heterocycles. The molecule has 0 aromatic carbocycles. The van der Waals surface area contributed by atoms with Crippen LogP contribution in [-0.4, -0.2) is 83.5 Å². The van der Waals surface area contributed by atoms with Crippen LogP contribution < -0.4 is 0 Å². The molecule has 0 bridgehead atoms. The Morgan fingerprint density at radius 1 is 0.880 bits per heavy atom. The summed E-state index contributed by atoms with van der Waals surface area (Å²) in [6.45, 7) is 13.3. The molecule has 0 amide bonds. The molecular weight excluding hydrogens is 308 g/mol. The minimum Gasteiger partial charge on any atom is -0.357 e. The van der Waals surface area contributed by atoms with Crippen LogP contribution in [0.1, 0.15) is 46.0 Å². The first-order valence-corrected chi connectivity index (χ1v) is 10.6. The van der Waals surface area contributed by atoms with E-state index >= 15 is 0 Å². The normalized spacial score (nSPS) is 27.7. The average molecular weight is 345 g/mol. The van der Waals surface area contributed by atoms with Crippen LogP contribution >= 0.6 is 0 Å². The van der Waals surface area contributed by atoms with Gasteiger partial charge >= 0.3 is 0 Å². The lowest BCUT2D eigenvalue weighted by molar-refractivity contribution is 0.0939. The van der Waals surface area contributed by atoms with Crippen molar-refractivity contribution in [1.82, 2.24) is 19.6 Å². The molecule has 2 saturated heterocycles. The lowest BCUT2D eigenvalue weighted by atomic mass is 10.0. The van der Waals surface area contributed by atoms with Crippen LogP contribution in [0.5, 0.6) is 0 Å². The van der Waals surface area contributed by atoms with E-state index in [-0.39, 0.29) is 0 Å². The van der Waals surface area contributed by atoms with E-state index in [0.29, 0.717) is 6.04 Å². The van der Waals surface area contributed by atoms with Crippen molar-refractivity contribution in [1.29, 1.82) is 0 Å². The minimum absolute atomic E-state index is 0.709. The van der Waals surface area contributed by atoms with E-state index in [0.717, 1.165) is 18.6 Å². The Balaban J connectivity index is 1.33. The van der Waals surface area contributed by atoms with E-state index < -0.39 is 0 Å². The summed E-state index contributed by atoms with van der Waals surface area (Å²) in [6, 6.07) is 2.34. The Kier molecular flexibility index (Phi) is 5.37. The Morgan fingerprint density at radius 3 is 2.40 bits per heavy atom. The van der Waals surface area contributed by atoms with Gasteiger partial charge < -0.3 is 14.7 Å². The van der Waals surface area contributed by atoms with E-state index in [2.05, 4.69) is 51.7 Å². The second-order valence-corrected chi connectivity index (χ2v) is 8.57. The number of nitrogens with zero attached hydrogens (tertiary/aromatic N) is 4. The third-order valence-electron chi connectivity index (χ3n) is 6.57. The molecular formula is C21H36N4. The van der Waals surface area contributed by atoms with E-state index in [1.807, 2.05) is 0 Å². The van der Waals surface area contributed by atoms with E-state index in [9.17, 15) is 0 Å². The first kappa shape index (κ1) is 17.4. The molecule has 3 aliphatic heterocycles. The maximum atomic E-state index is 2.80. The number of piperidine rings is 1. The zero-order chi connectivity index (χ0) is 17.2. The summed E-state index contributed by atoms with van der Waals surface area (Å²) in [5, 5.41) is 0. The van der Waals surface area contributed by atoms with Crippen molar-refractivity contribution in [2.24, 2.45) is 0 Å². The highest BCUT2D eigenvalue weighted by atomic mass is 15.4. The Morgan fingerprint density at radius 2 is 1.68 bits per heavy atom. The van der Waals surface area contributed by atoms with Gasteiger partial charge in [-0.1, -0.05) is 12.2 Å². The largest absolute Gasteiger partial charge is 0.357 e. The molecule has 4 heteroatoms. The SMILES string of the molecule is CC(C)N1CCC(N2CCCN(C3=CC=CCN3C3CC3)CC2)CC1. The molecule has 140 valence electrons. The van der Waals surface area contributed by atoms with Crippen molar-refractivity contribution < 1.29 is 0 Å². The van der Waals surface area contributed by atoms with Gasteiger partial charge in [-0.25, -0.2) is 0 Å². The van der Waals surface area contributed by atoms with Gasteiger partial charge in [-0.2, -0.15) is 0 Å². The molecule has 0 unspecified atom stereocenters. The van der Waals surface area contributed by atoms with Crippen LogP contribution in [-0.2, 0) is 0 Å². The van der Waals surface area contributed by atoms with Gasteiger partial charge in [-0.05, 0) is 65.1 Å². The molecule has 0 spiro atoms. The minimum atomic E-state index is 0.709. The molecule has 0 aromatic rings. The average Bonchev–Trinajstić information content (AvgIpc) is 3.48. The molecule has 4 nitrogen and oxygen atoms in total.